The van der Waals surface area contributed by atoms with E-state index in [1.165, 1.54) is 0 Å². The third kappa shape index (κ3) is 6.32. The number of carbonyl (C=O) groups excluding carboxylic acids is 2. The monoisotopic (exact) mass is 339 g/mol. The molecular weight excluding hydrogens is 318 g/mol. The number of nitrogens with one attached hydrogen (secondary N) is 1. The van der Waals surface area contributed by atoms with E-state index in [1.54, 1.807) is 52.0 Å². The van der Waals surface area contributed by atoms with Crippen LogP contribution in [0.1, 0.15) is 39.3 Å². The van der Waals surface area contributed by atoms with Gasteiger partial charge in [-0.05, 0) is 45.4 Å². The van der Waals surface area contributed by atoms with Crippen LogP contribution in [0.15, 0.2) is 36.4 Å². The topological polar surface area (TPSA) is 64.6 Å². The first-order valence-electron chi connectivity index (χ1n) is 7.25. The molecule has 0 spiro atoms. The summed E-state index contributed by atoms with van der Waals surface area (Å²) >= 11 is 5.99. The summed E-state index contributed by atoms with van der Waals surface area (Å²) in [5.41, 5.74) is 0.0511. The van der Waals surface area contributed by atoms with Gasteiger partial charge in [0, 0.05) is 5.02 Å². The van der Waals surface area contributed by atoms with Gasteiger partial charge in [0.05, 0.1) is 18.2 Å². The van der Waals surface area contributed by atoms with Crippen molar-refractivity contribution in [2.75, 3.05) is 6.61 Å². The van der Waals surface area contributed by atoms with E-state index in [0.717, 1.165) is 0 Å². The summed E-state index contributed by atoms with van der Waals surface area (Å²) in [6.45, 7) is 10.9. The molecule has 1 N–H and O–H groups in total. The highest BCUT2D eigenvalue weighted by Crippen LogP contribution is 2.25. The largest absolute Gasteiger partial charge is 0.463 e. The number of rotatable bonds is 5. The summed E-state index contributed by atoms with van der Waals surface area (Å²) in [6, 6.07) is 6.01. The number of alkyl carbamates (subject to hydrolysis) is 1. The number of halogens is 1. The molecule has 1 rings (SSSR count). The highest BCUT2D eigenvalue weighted by atomic mass is 35.5. The molecule has 0 saturated carbocycles. The van der Waals surface area contributed by atoms with Crippen LogP contribution in [0.25, 0.3) is 0 Å². The zero-order valence-electron chi connectivity index (χ0n) is 13.8. The van der Waals surface area contributed by atoms with Crippen LogP contribution in [-0.4, -0.2) is 24.3 Å². The Morgan fingerprint density at radius 1 is 1.35 bits per heavy atom. The van der Waals surface area contributed by atoms with E-state index in [1.807, 2.05) is 0 Å². The van der Waals surface area contributed by atoms with Crippen molar-refractivity contribution < 1.29 is 19.1 Å². The van der Waals surface area contributed by atoms with Crippen molar-refractivity contribution in [3.05, 3.63) is 47.0 Å². The molecule has 0 aromatic heterocycles. The molecule has 0 radical (unpaired) electrons. The van der Waals surface area contributed by atoms with Crippen LogP contribution in [0.2, 0.25) is 5.02 Å². The van der Waals surface area contributed by atoms with Gasteiger partial charge in [0.1, 0.15) is 5.60 Å². The van der Waals surface area contributed by atoms with Crippen molar-refractivity contribution in [2.24, 2.45) is 0 Å². The van der Waals surface area contributed by atoms with E-state index in [4.69, 9.17) is 21.1 Å². The van der Waals surface area contributed by atoms with Crippen LogP contribution in [0.3, 0.4) is 0 Å². The minimum atomic E-state index is -0.789. The molecule has 0 fully saturated rings. The first-order valence-corrected chi connectivity index (χ1v) is 7.62. The summed E-state index contributed by atoms with van der Waals surface area (Å²) in [5, 5.41) is 3.12. The second kappa shape index (κ2) is 8.02. The van der Waals surface area contributed by atoms with Gasteiger partial charge in [-0.2, -0.15) is 0 Å². The van der Waals surface area contributed by atoms with E-state index in [-0.39, 0.29) is 12.2 Å². The molecule has 126 valence electrons. The maximum absolute atomic E-state index is 12.1. The summed E-state index contributed by atoms with van der Waals surface area (Å²) < 4.78 is 10.2. The number of hydrogen-bond donors (Lipinski definition) is 1. The number of carbonyl (C=O) groups is 2. The Bertz CT molecular complexity index is 593. The van der Waals surface area contributed by atoms with Crippen molar-refractivity contribution in [3.8, 4) is 0 Å². The second-order valence-corrected chi connectivity index (χ2v) is 6.32. The SMILES string of the molecule is C=C(C(=O)OCC)[C@H](NC(=O)OC(C)(C)C)c1cccc(Cl)c1. The number of ether oxygens (including phenoxy) is 2. The van der Waals surface area contributed by atoms with Crippen LogP contribution in [0.4, 0.5) is 4.79 Å². The zero-order chi connectivity index (χ0) is 17.6. The van der Waals surface area contributed by atoms with Crippen molar-refractivity contribution >= 4 is 23.7 Å². The van der Waals surface area contributed by atoms with Crippen LogP contribution in [0.5, 0.6) is 0 Å². The van der Waals surface area contributed by atoms with Gasteiger partial charge in [-0.1, -0.05) is 30.3 Å². The van der Waals surface area contributed by atoms with Gasteiger partial charge in [-0.15, -0.1) is 0 Å². The van der Waals surface area contributed by atoms with E-state index in [0.29, 0.717) is 10.6 Å². The molecule has 0 saturated heterocycles. The Kier molecular flexibility index (Phi) is 6.63. The predicted octanol–water partition coefficient (Wildman–Crippen LogP) is 4.03. The van der Waals surface area contributed by atoms with E-state index in [2.05, 4.69) is 11.9 Å². The van der Waals surface area contributed by atoms with Gasteiger partial charge in [0.25, 0.3) is 0 Å². The van der Waals surface area contributed by atoms with Gasteiger partial charge < -0.3 is 14.8 Å². The average molecular weight is 340 g/mol. The minimum Gasteiger partial charge on any atom is -0.463 e. The molecule has 1 aromatic carbocycles. The molecule has 0 aliphatic carbocycles. The van der Waals surface area contributed by atoms with E-state index in [9.17, 15) is 9.59 Å². The van der Waals surface area contributed by atoms with Gasteiger partial charge in [-0.25, -0.2) is 9.59 Å². The molecule has 5 nitrogen and oxygen atoms in total. The molecule has 0 aliphatic rings. The zero-order valence-corrected chi connectivity index (χ0v) is 14.6. The summed E-state index contributed by atoms with van der Waals surface area (Å²) in [4.78, 5) is 24.0. The maximum Gasteiger partial charge on any atom is 0.408 e. The summed E-state index contributed by atoms with van der Waals surface area (Å²) in [6.07, 6.45) is -0.659. The molecule has 0 bridgehead atoms. The number of esters is 1. The maximum atomic E-state index is 12.1. The molecule has 1 atom stereocenters. The highest BCUT2D eigenvalue weighted by molar-refractivity contribution is 6.30. The van der Waals surface area contributed by atoms with Gasteiger partial charge >= 0.3 is 12.1 Å². The lowest BCUT2D eigenvalue weighted by Gasteiger charge is -2.24. The van der Waals surface area contributed by atoms with Crippen molar-refractivity contribution in [2.45, 2.75) is 39.3 Å². The molecule has 0 aliphatic heterocycles. The lowest BCUT2D eigenvalue weighted by atomic mass is 10.00. The van der Waals surface area contributed by atoms with Gasteiger partial charge in [0.2, 0.25) is 0 Å². The second-order valence-electron chi connectivity index (χ2n) is 5.88. The first kappa shape index (κ1) is 19.0. The molecular formula is C17H22ClNO4. The quantitative estimate of drug-likeness (QED) is 0.650. The Hall–Kier alpha value is -2.01. The molecule has 23 heavy (non-hydrogen) atoms. The summed E-state index contributed by atoms with van der Waals surface area (Å²) in [5.74, 6) is -0.589. The number of benzene rings is 1. The van der Waals surface area contributed by atoms with Crippen molar-refractivity contribution in [1.29, 1.82) is 0 Å². The van der Waals surface area contributed by atoms with E-state index >= 15 is 0 Å². The Labute approximate surface area is 141 Å². The highest BCUT2D eigenvalue weighted by Gasteiger charge is 2.26. The van der Waals surface area contributed by atoms with Crippen LogP contribution >= 0.6 is 11.6 Å². The Morgan fingerprint density at radius 2 is 2.00 bits per heavy atom. The predicted molar refractivity (Wildman–Crippen MR) is 89.3 cm³/mol. The fraction of sp³-hybridized carbons (Fsp3) is 0.412. The van der Waals surface area contributed by atoms with Gasteiger partial charge in [-0.3, -0.25) is 0 Å². The van der Waals surface area contributed by atoms with E-state index < -0.39 is 23.7 Å². The molecule has 0 heterocycles. The molecule has 1 aromatic rings. The number of hydrogen-bond acceptors (Lipinski definition) is 4. The Morgan fingerprint density at radius 3 is 2.52 bits per heavy atom. The lowest BCUT2D eigenvalue weighted by Crippen LogP contribution is -2.36. The van der Waals surface area contributed by atoms with Crippen LogP contribution in [-0.2, 0) is 14.3 Å². The fourth-order valence-electron chi connectivity index (χ4n) is 1.82. The third-order valence-corrected chi connectivity index (χ3v) is 2.96. The number of amides is 1. The third-order valence-electron chi connectivity index (χ3n) is 2.73. The molecule has 1 amide bonds. The average Bonchev–Trinajstić information content (AvgIpc) is 2.42. The van der Waals surface area contributed by atoms with Crippen LogP contribution < -0.4 is 5.32 Å². The molecule has 0 unspecified atom stereocenters. The first-order chi connectivity index (χ1) is 10.6. The normalized spacial score (nSPS) is 12.2. The lowest BCUT2D eigenvalue weighted by molar-refractivity contribution is -0.138. The minimum absolute atomic E-state index is 0.0972. The standard InChI is InChI=1S/C17H22ClNO4/c1-6-22-15(20)11(2)14(12-8-7-9-13(18)10-12)19-16(21)23-17(3,4)5/h7-10,14H,2,6H2,1,3-5H3,(H,19,21)/t14-/m0/s1. The smallest absolute Gasteiger partial charge is 0.408 e. The Balaban J connectivity index is 3.04. The van der Waals surface area contributed by atoms with Crippen LogP contribution in [0, 0.1) is 0 Å². The summed E-state index contributed by atoms with van der Waals surface area (Å²) in [7, 11) is 0. The molecule has 6 heteroatoms. The van der Waals surface area contributed by atoms with Crippen molar-refractivity contribution in [3.63, 3.8) is 0 Å². The van der Waals surface area contributed by atoms with Gasteiger partial charge in [0.15, 0.2) is 0 Å². The fourth-order valence-corrected chi connectivity index (χ4v) is 2.02. The van der Waals surface area contributed by atoms with Crippen molar-refractivity contribution in [1.82, 2.24) is 5.32 Å².